The first kappa shape index (κ1) is 65.7. The quantitative estimate of drug-likeness (QED) is 0.0160. The molecular weight excluding hydrogens is 1020 g/mol. The van der Waals surface area contributed by atoms with E-state index < -0.39 is 182 Å². The number of nitrogens with two attached hydrogens (primary N) is 3. The molecule has 75 heavy (non-hydrogen) atoms. The van der Waals surface area contributed by atoms with Gasteiger partial charge in [-0.2, -0.15) is 11.8 Å². The van der Waals surface area contributed by atoms with Crippen LogP contribution in [0, 0.1) is 5.92 Å². The van der Waals surface area contributed by atoms with Crippen LogP contribution in [0.4, 0.5) is 0 Å². The topological polar surface area (TPSA) is 501 Å². The number of hydrogen-bond donors (Lipinski definition) is 15. The highest BCUT2D eigenvalue weighted by atomic mass is 32.2. The second-order valence-corrected chi connectivity index (χ2v) is 18.7. The molecule has 1 rings (SSSR count). The average Bonchev–Trinajstić information content (AvgIpc) is 3.83. The molecule has 0 aromatic rings. The van der Waals surface area contributed by atoms with Crippen molar-refractivity contribution in [2.75, 3.05) is 25.1 Å². The average molecular weight is 1090 g/mol. The highest BCUT2D eigenvalue weighted by Crippen LogP contribution is 2.19. The van der Waals surface area contributed by atoms with Gasteiger partial charge in [-0.15, -0.1) is 0 Å². The molecule has 30 nitrogen and oxygen atoms in total. The number of nitrogens with zero attached hydrogens (tertiary/aromatic N) is 2. The molecule has 0 bridgehead atoms. The van der Waals surface area contributed by atoms with Crippen LogP contribution in [-0.2, 0) is 62.3 Å². The summed E-state index contributed by atoms with van der Waals surface area (Å²) in [5, 5.41) is 63.8. The van der Waals surface area contributed by atoms with Crippen LogP contribution in [0.1, 0.15) is 104 Å². The minimum Gasteiger partial charge on any atom is -0.481 e. The fourth-order valence-corrected chi connectivity index (χ4v) is 7.87. The molecule has 0 spiro atoms. The first-order valence-corrected chi connectivity index (χ1v) is 25.4. The Kier molecular flexibility index (Phi) is 29.3. The Morgan fingerprint density at radius 3 is 1.51 bits per heavy atom. The number of guanidine groups is 1. The van der Waals surface area contributed by atoms with E-state index in [0.717, 1.165) is 0 Å². The van der Waals surface area contributed by atoms with Gasteiger partial charge >= 0.3 is 29.8 Å². The van der Waals surface area contributed by atoms with Crippen molar-refractivity contribution in [2.24, 2.45) is 28.1 Å². The van der Waals surface area contributed by atoms with Crippen molar-refractivity contribution in [1.82, 2.24) is 42.1 Å². The predicted molar refractivity (Wildman–Crippen MR) is 265 cm³/mol. The molecule has 1 aliphatic rings. The summed E-state index contributed by atoms with van der Waals surface area (Å²) in [5.41, 5.74) is 16.5. The highest BCUT2D eigenvalue weighted by Gasteiger charge is 2.39. The second kappa shape index (κ2) is 33.5. The third kappa shape index (κ3) is 24.5. The number of rotatable bonds is 36. The smallest absolute Gasteiger partial charge is 0.326 e. The lowest BCUT2D eigenvalue weighted by atomic mass is 9.96. The van der Waals surface area contributed by atoms with Crippen LogP contribution >= 0.6 is 11.8 Å². The van der Waals surface area contributed by atoms with Crippen molar-refractivity contribution in [3.8, 4) is 0 Å². The normalized spacial score (nSPS) is 16.5. The lowest BCUT2D eigenvalue weighted by molar-refractivity contribution is -0.144. The van der Waals surface area contributed by atoms with Gasteiger partial charge in [0.15, 0.2) is 5.96 Å². The van der Waals surface area contributed by atoms with Crippen LogP contribution in [0.3, 0.4) is 0 Å². The van der Waals surface area contributed by atoms with Gasteiger partial charge in [0.2, 0.25) is 47.3 Å². The number of hydrogen-bond acceptors (Lipinski definition) is 16. The standard InChI is InChI=1S/C44H72N12O18S/c1-5-21(2)34(55-38(68)25(11-14-31(59)60)50-36(66)24(10-13-30(57)58)51-40(70)29-9-7-18-56(29)42(72)22(3)45)41(71)52-26(16-19-75-4)37(67)54-28(20-33(63)64)39(69)49-23(8-6-17-48-44(46)47)35(65)53-27(43(73)74)12-15-32(61)62/h21-29,34H,5-20,45H2,1-4H3,(H,49,69)(H,50,66)(H,51,70)(H,52,71)(H,53,65)(H,54,67)(H,55,68)(H,57,58)(H,59,60)(H,61,62)(H,63,64)(H,73,74)(H4,46,47,48)/t21-,22-,23-,24-,25-,26-,27-,28-,29-,34-/m0/s1. The molecule has 1 saturated heterocycles. The van der Waals surface area contributed by atoms with Gasteiger partial charge < -0.3 is 84.9 Å². The Morgan fingerprint density at radius 1 is 0.600 bits per heavy atom. The van der Waals surface area contributed by atoms with Gasteiger partial charge in [-0.25, -0.2) is 4.79 Å². The summed E-state index contributed by atoms with van der Waals surface area (Å²) in [6, 6.07) is -13.7. The summed E-state index contributed by atoms with van der Waals surface area (Å²) in [7, 11) is 0. The molecule has 0 aliphatic carbocycles. The highest BCUT2D eigenvalue weighted by molar-refractivity contribution is 7.98. The van der Waals surface area contributed by atoms with E-state index in [1.165, 1.54) is 30.5 Å². The van der Waals surface area contributed by atoms with E-state index in [0.29, 0.717) is 6.42 Å². The van der Waals surface area contributed by atoms with Gasteiger partial charge in [-0.1, -0.05) is 20.3 Å². The van der Waals surface area contributed by atoms with Gasteiger partial charge in [-0.3, -0.25) is 62.5 Å². The molecule has 1 heterocycles. The zero-order valence-corrected chi connectivity index (χ0v) is 43.0. The number of amides is 8. The van der Waals surface area contributed by atoms with E-state index in [1.54, 1.807) is 13.2 Å². The summed E-state index contributed by atoms with van der Waals surface area (Å²) in [4.78, 5) is 172. The van der Waals surface area contributed by atoms with Crippen molar-refractivity contribution < 1.29 is 87.9 Å². The molecule has 0 saturated carbocycles. The molecule has 10 atom stereocenters. The Morgan fingerprint density at radius 2 is 1.04 bits per heavy atom. The molecule has 8 amide bonds. The van der Waals surface area contributed by atoms with Crippen molar-refractivity contribution in [2.45, 2.75) is 159 Å². The number of aliphatic imine (C=N–C) groups is 1. The minimum atomic E-state index is -1.94. The molecule has 18 N–H and O–H groups in total. The molecular formula is C44H72N12O18S. The summed E-state index contributed by atoms with van der Waals surface area (Å²) >= 11 is 1.22. The molecule has 31 heteroatoms. The Balaban J connectivity index is 3.51. The predicted octanol–water partition coefficient (Wildman–Crippen LogP) is -4.28. The number of carboxylic acids is 5. The van der Waals surface area contributed by atoms with Crippen LogP contribution in [0.25, 0.3) is 0 Å². The Labute approximate surface area is 435 Å². The zero-order chi connectivity index (χ0) is 57.1. The van der Waals surface area contributed by atoms with E-state index in [2.05, 4.69) is 42.2 Å². The molecule has 1 fully saturated rings. The maximum Gasteiger partial charge on any atom is 0.326 e. The molecule has 1 aliphatic heterocycles. The molecule has 0 radical (unpaired) electrons. The number of aliphatic carboxylic acids is 5. The largest absolute Gasteiger partial charge is 0.481 e. The summed E-state index contributed by atoms with van der Waals surface area (Å²) < 4.78 is 0. The second-order valence-electron chi connectivity index (χ2n) is 17.7. The van der Waals surface area contributed by atoms with Crippen LogP contribution in [0.2, 0.25) is 0 Å². The lowest BCUT2D eigenvalue weighted by Gasteiger charge is -2.30. The molecule has 0 aromatic carbocycles. The SMILES string of the molecule is CC[C@H](C)[C@H](NC(=O)[C@H](CCC(=O)O)NC(=O)[C@H](CCC(=O)O)NC(=O)[C@@H]1CCCN1C(=O)[C@H](C)N)C(=O)N[C@@H](CCSC)C(=O)N[C@@H](CC(=O)O)C(=O)N[C@@H](CCCN=C(N)N)C(=O)N[C@@H](CCC(=O)O)C(=O)O. The summed E-state index contributed by atoms with van der Waals surface area (Å²) in [6.07, 6.45) is -2.67. The minimum absolute atomic E-state index is 0.00712. The third-order valence-corrected chi connectivity index (χ3v) is 12.3. The van der Waals surface area contributed by atoms with Gasteiger partial charge in [0.05, 0.1) is 12.5 Å². The third-order valence-electron chi connectivity index (χ3n) is 11.7. The molecule has 422 valence electrons. The van der Waals surface area contributed by atoms with Crippen molar-refractivity contribution in [1.29, 1.82) is 0 Å². The zero-order valence-electron chi connectivity index (χ0n) is 42.2. The number of carboxylic acid groups (broad SMARTS) is 5. The number of carbonyl (C=O) groups excluding carboxylic acids is 8. The number of thioether (sulfide) groups is 1. The lowest BCUT2D eigenvalue weighted by Crippen LogP contribution is -2.61. The molecule has 0 aromatic heterocycles. The number of likely N-dealkylation sites (tertiary alicyclic amines) is 1. The van der Waals surface area contributed by atoms with Gasteiger partial charge in [0.1, 0.15) is 48.3 Å². The van der Waals surface area contributed by atoms with Crippen molar-refractivity contribution >= 4 is 94.8 Å². The summed E-state index contributed by atoms with van der Waals surface area (Å²) in [6.45, 7) is 4.70. The van der Waals surface area contributed by atoms with Crippen LogP contribution in [0.5, 0.6) is 0 Å². The first-order valence-electron chi connectivity index (χ1n) is 24.0. The van der Waals surface area contributed by atoms with E-state index in [9.17, 15) is 82.8 Å². The van der Waals surface area contributed by atoms with Crippen LogP contribution < -0.4 is 54.4 Å². The van der Waals surface area contributed by atoms with Gasteiger partial charge in [-0.05, 0) is 76.2 Å². The summed E-state index contributed by atoms with van der Waals surface area (Å²) in [5.74, 6) is -16.2. The first-order chi connectivity index (χ1) is 35.1. The fourth-order valence-electron chi connectivity index (χ4n) is 7.40. The Bertz CT molecular complexity index is 2090. The Hall–Kier alpha value is -7.31. The van der Waals surface area contributed by atoms with E-state index in [-0.39, 0.29) is 56.9 Å². The van der Waals surface area contributed by atoms with Gasteiger partial charge in [0.25, 0.3) is 0 Å². The monoisotopic (exact) mass is 1090 g/mol. The van der Waals surface area contributed by atoms with E-state index >= 15 is 0 Å². The van der Waals surface area contributed by atoms with E-state index in [1.807, 2.05) is 0 Å². The number of carbonyl (C=O) groups is 13. The van der Waals surface area contributed by atoms with Crippen LogP contribution in [0.15, 0.2) is 4.99 Å². The maximum atomic E-state index is 14.1. The van der Waals surface area contributed by atoms with Crippen molar-refractivity contribution in [3.63, 3.8) is 0 Å². The maximum absolute atomic E-state index is 14.1. The van der Waals surface area contributed by atoms with Gasteiger partial charge in [0, 0.05) is 32.4 Å². The van der Waals surface area contributed by atoms with E-state index in [4.69, 9.17) is 22.3 Å². The number of nitrogens with one attached hydrogen (secondary N) is 7. The molecule has 0 unspecified atom stereocenters. The van der Waals surface area contributed by atoms with Crippen LogP contribution in [-0.4, -0.2) is 193 Å². The fraction of sp³-hybridized carbons (Fsp3) is 0.682. The van der Waals surface area contributed by atoms with Crippen molar-refractivity contribution in [3.05, 3.63) is 0 Å².